The van der Waals surface area contributed by atoms with Crippen LogP contribution in [0.2, 0.25) is 0 Å². The molecule has 2 aromatic rings. The number of nitrogens with zero attached hydrogens (tertiary/aromatic N) is 1. The van der Waals surface area contributed by atoms with E-state index in [2.05, 4.69) is 10.2 Å². The van der Waals surface area contributed by atoms with Gasteiger partial charge in [0.25, 0.3) is 0 Å². The predicted molar refractivity (Wildman–Crippen MR) is 114 cm³/mol. The summed E-state index contributed by atoms with van der Waals surface area (Å²) in [6.45, 7) is 2.76. The summed E-state index contributed by atoms with van der Waals surface area (Å²) in [5.41, 5.74) is 1.01. The van der Waals surface area contributed by atoms with Crippen molar-refractivity contribution in [3.8, 4) is 5.75 Å². The summed E-state index contributed by atoms with van der Waals surface area (Å²) in [4.78, 5) is 14.5. The topological polar surface area (TPSA) is 75.7 Å². The van der Waals surface area contributed by atoms with Gasteiger partial charge in [0, 0.05) is 38.0 Å². The molecule has 1 fully saturated rings. The molecular formula is C22H27FN2O4S. The van der Waals surface area contributed by atoms with Gasteiger partial charge in [-0.2, -0.15) is 0 Å². The third-order valence-electron chi connectivity index (χ3n) is 5.13. The van der Waals surface area contributed by atoms with Crippen LogP contribution >= 0.6 is 0 Å². The highest BCUT2D eigenvalue weighted by Crippen LogP contribution is 2.23. The second-order valence-electron chi connectivity index (χ2n) is 7.58. The maximum atomic E-state index is 13.0. The zero-order chi connectivity index (χ0) is 21.6. The number of ether oxygens (including phenoxy) is 1. The van der Waals surface area contributed by atoms with E-state index in [1.807, 2.05) is 0 Å². The van der Waals surface area contributed by atoms with Crippen molar-refractivity contribution in [2.24, 2.45) is 5.92 Å². The zero-order valence-corrected chi connectivity index (χ0v) is 17.8. The molecule has 0 aromatic heterocycles. The van der Waals surface area contributed by atoms with Gasteiger partial charge in [-0.05, 0) is 67.3 Å². The quantitative estimate of drug-likeness (QED) is 0.614. The molecular weight excluding hydrogens is 407 g/mol. The van der Waals surface area contributed by atoms with Crippen molar-refractivity contribution in [1.29, 1.82) is 0 Å². The minimum atomic E-state index is -3.22. The Morgan fingerprint density at radius 3 is 2.53 bits per heavy atom. The maximum absolute atomic E-state index is 13.0. The first kappa shape index (κ1) is 22.1. The van der Waals surface area contributed by atoms with Crippen molar-refractivity contribution in [2.75, 3.05) is 37.4 Å². The van der Waals surface area contributed by atoms with Crippen LogP contribution < -0.4 is 15.0 Å². The van der Waals surface area contributed by atoms with E-state index in [0.29, 0.717) is 37.7 Å². The highest BCUT2D eigenvalue weighted by atomic mass is 32.2. The van der Waals surface area contributed by atoms with Crippen LogP contribution in [0.15, 0.2) is 53.4 Å². The Kier molecular flexibility index (Phi) is 7.31. The Bertz CT molecular complexity index is 946. The van der Waals surface area contributed by atoms with Crippen LogP contribution in [-0.4, -0.2) is 46.8 Å². The molecule has 0 aliphatic carbocycles. The summed E-state index contributed by atoms with van der Waals surface area (Å²) in [6, 6.07) is 12.7. The van der Waals surface area contributed by atoms with E-state index in [4.69, 9.17) is 4.74 Å². The molecule has 0 spiro atoms. The molecule has 0 radical (unpaired) electrons. The van der Waals surface area contributed by atoms with Gasteiger partial charge in [-0.15, -0.1) is 0 Å². The molecule has 8 heteroatoms. The first-order valence-corrected chi connectivity index (χ1v) is 11.9. The Hall–Kier alpha value is -2.61. The van der Waals surface area contributed by atoms with Crippen molar-refractivity contribution in [3.05, 3.63) is 54.3 Å². The van der Waals surface area contributed by atoms with Gasteiger partial charge < -0.3 is 15.0 Å². The number of nitrogens with one attached hydrogen (secondary N) is 1. The molecule has 2 aromatic carbocycles. The number of sulfone groups is 1. The van der Waals surface area contributed by atoms with Crippen LogP contribution in [0.5, 0.6) is 5.75 Å². The van der Waals surface area contributed by atoms with E-state index in [1.165, 1.54) is 24.3 Å². The van der Waals surface area contributed by atoms with Crippen molar-refractivity contribution in [3.63, 3.8) is 0 Å². The lowest BCUT2D eigenvalue weighted by molar-refractivity contribution is -0.121. The van der Waals surface area contributed by atoms with Crippen LogP contribution in [-0.2, 0) is 14.6 Å². The molecule has 1 atom stereocenters. The van der Waals surface area contributed by atoms with E-state index in [9.17, 15) is 17.6 Å². The van der Waals surface area contributed by atoms with Crippen molar-refractivity contribution in [2.45, 2.75) is 24.2 Å². The lowest BCUT2D eigenvalue weighted by atomic mass is 10.1. The van der Waals surface area contributed by atoms with Gasteiger partial charge in [-0.1, -0.05) is 0 Å². The zero-order valence-electron chi connectivity index (χ0n) is 17.0. The predicted octanol–water partition coefficient (Wildman–Crippen LogP) is 3.03. The van der Waals surface area contributed by atoms with Gasteiger partial charge in [0.05, 0.1) is 11.5 Å². The third kappa shape index (κ3) is 6.45. The molecule has 0 bridgehead atoms. The lowest BCUT2D eigenvalue weighted by Gasteiger charge is -2.18. The molecule has 162 valence electrons. The molecule has 1 heterocycles. The summed E-state index contributed by atoms with van der Waals surface area (Å²) in [5.74, 6) is 0.709. The highest BCUT2D eigenvalue weighted by Gasteiger charge is 2.23. The molecule has 3 rings (SSSR count). The first-order valence-electron chi connectivity index (χ1n) is 10.0. The number of rotatable bonds is 9. The second-order valence-corrected chi connectivity index (χ2v) is 9.59. The normalized spacial score (nSPS) is 16.5. The first-order chi connectivity index (χ1) is 14.3. The monoisotopic (exact) mass is 434 g/mol. The Labute approximate surface area is 177 Å². The number of hydrogen-bond acceptors (Lipinski definition) is 5. The van der Waals surface area contributed by atoms with Crippen LogP contribution in [0, 0.1) is 11.7 Å². The Balaban J connectivity index is 1.31. The molecule has 1 unspecified atom stereocenters. The van der Waals surface area contributed by atoms with E-state index in [1.54, 1.807) is 24.3 Å². The molecule has 1 saturated heterocycles. The fraction of sp³-hybridized carbons (Fsp3) is 0.409. The number of anilines is 1. The molecule has 1 amide bonds. The van der Waals surface area contributed by atoms with E-state index in [-0.39, 0.29) is 16.6 Å². The second kappa shape index (κ2) is 9.93. The summed E-state index contributed by atoms with van der Waals surface area (Å²) in [6.07, 6.45) is 3.10. The van der Waals surface area contributed by atoms with Gasteiger partial charge in [-0.3, -0.25) is 4.79 Å². The molecule has 30 heavy (non-hydrogen) atoms. The van der Waals surface area contributed by atoms with Gasteiger partial charge in [0.15, 0.2) is 9.84 Å². The average Bonchev–Trinajstić information content (AvgIpc) is 3.19. The minimum absolute atomic E-state index is 0.00810. The Morgan fingerprint density at radius 2 is 1.87 bits per heavy atom. The van der Waals surface area contributed by atoms with Crippen molar-refractivity contribution < 1.29 is 22.3 Å². The van der Waals surface area contributed by atoms with Crippen LogP contribution in [0.4, 0.5) is 10.1 Å². The van der Waals surface area contributed by atoms with Crippen LogP contribution in [0.3, 0.4) is 0 Å². The minimum Gasteiger partial charge on any atom is -0.494 e. The van der Waals surface area contributed by atoms with E-state index >= 15 is 0 Å². The number of carbonyl (C=O) groups excluding carboxylic acids is 1. The fourth-order valence-corrected chi connectivity index (χ4v) is 4.07. The van der Waals surface area contributed by atoms with E-state index < -0.39 is 9.84 Å². The summed E-state index contributed by atoms with van der Waals surface area (Å²) in [7, 11) is -3.22. The lowest BCUT2D eigenvalue weighted by Crippen LogP contribution is -2.31. The van der Waals surface area contributed by atoms with Gasteiger partial charge in [-0.25, -0.2) is 12.8 Å². The maximum Gasteiger partial charge on any atom is 0.220 e. The fourth-order valence-electron chi connectivity index (χ4n) is 3.44. The molecule has 1 aliphatic rings. The van der Waals surface area contributed by atoms with Gasteiger partial charge in [0.1, 0.15) is 11.6 Å². The largest absolute Gasteiger partial charge is 0.494 e. The number of hydrogen-bond donors (Lipinski definition) is 1. The van der Waals surface area contributed by atoms with E-state index in [0.717, 1.165) is 31.5 Å². The number of halogens is 1. The van der Waals surface area contributed by atoms with Crippen LogP contribution in [0.25, 0.3) is 0 Å². The summed E-state index contributed by atoms with van der Waals surface area (Å²) in [5, 5.41) is 2.98. The number of amides is 1. The molecule has 1 N–H and O–H groups in total. The number of carbonyl (C=O) groups is 1. The third-order valence-corrected chi connectivity index (χ3v) is 6.26. The van der Waals surface area contributed by atoms with Crippen LogP contribution in [0.1, 0.15) is 19.3 Å². The van der Waals surface area contributed by atoms with Crippen molar-refractivity contribution in [1.82, 2.24) is 5.32 Å². The van der Waals surface area contributed by atoms with Gasteiger partial charge in [0.2, 0.25) is 5.91 Å². The Morgan fingerprint density at radius 1 is 1.17 bits per heavy atom. The molecule has 0 saturated carbocycles. The summed E-state index contributed by atoms with van der Waals surface area (Å²) >= 11 is 0. The SMILES string of the molecule is CS(=O)(=O)c1ccc(OCCCC(=O)NCC2CCN(c3ccc(F)cc3)C2)cc1. The van der Waals surface area contributed by atoms with Crippen molar-refractivity contribution >= 4 is 21.4 Å². The number of benzene rings is 2. The highest BCUT2D eigenvalue weighted by molar-refractivity contribution is 7.90. The van der Waals surface area contributed by atoms with Gasteiger partial charge >= 0.3 is 0 Å². The summed E-state index contributed by atoms with van der Waals surface area (Å²) < 4.78 is 41.5. The molecule has 6 nitrogen and oxygen atoms in total. The molecule has 1 aliphatic heterocycles. The average molecular weight is 435 g/mol. The standard InChI is InChI=1S/C22H27FN2O4S/c1-30(27,28)21-10-8-20(9-11-21)29-14-2-3-22(26)24-15-17-12-13-25(16-17)19-6-4-18(23)5-7-19/h4-11,17H,2-3,12-16H2,1H3,(H,24,26). The smallest absolute Gasteiger partial charge is 0.220 e.